The number of carbonyl (C=O) groups excluding carboxylic acids is 2. The number of carbonyl (C=O) groups is 2. The molecule has 168 valence electrons. The second-order valence-electron chi connectivity index (χ2n) is 7.03. The van der Waals surface area contributed by atoms with Crippen LogP contribution in [0.25, 0.3) is 6.08 Å². The Morgan fingerprint density at radius 1 is 0.939 bits per heavy atom. The third-order valence-electron chi connectivity index (χ3n) is 4.97. The van der Waals surface area contributed by atoms with E-state index in [1.165, 1.54) is 20.3 Å². The Balaban J connectivity index is 1.54. The Kier molecular flexibility index (Phi) is 6.31. The number of Topliss-reactive ketones (excluding diaryl/α,β-unsaturated/α-hetero) is 1. The third kappa shape index (κ3) is 4.52. The molecule has 0 spiro atoms. The first-order chi connectivity index (χ1) is 16.0. The summed E-state index contributed by atoms with van der Waals surface area (Å²) in [4.78, 5) is 25.5. The Morgan fingerprint density at radius 2 is 1.61 bits per heavy atom. The fourth-order valence-electron chi connectivity index (χ4n) is 3.42. The van der Waals surface area contributed by atoms with Crippen LogP contribution in [0.3, 0.4) is 0 Å². The summed E-state index contributed by atoms with van der Waals surface area (Å²) in [7, 11) is 2.91. The fraction of sp³-hybridized carbons (Fsp3) is 0.154. The van der Waals surface area contributed by atoms with E-state index in [9.17, 15) is 9.59 Å². The molecule has 0 aliphatic carbocycles. The van der Waals surface area contributed by atoms with Crippen LogP contribution in [0.15, 0.2) is 66.4 Å². The van der Waals surface area contributed by atoms with E-state index in [4.69, 9.17) is 23.7 Å². The number of ketones is 1. The highest BCUT2D eigenvalue weighted by Gasteiger charge is 2.28. The zero-order valence-electron chi connectivity index (χ0n) is 18.4. The summed E-state index contributed by atoms with van der Waals surface area (Å²) in [6, 6.07) is 16.9. The van der Waals surface area contributed by atoms with E-state index < -0.39 is 5.97 Å². The molecule has 0 bridgehead atoms. The first-order valence-electron chi connectivity index (χ1n) is 10.3. The van der Waals surface area contributed by atoms with Gasteiger partial charge < -0.3 is 23.7 Å². The number of ether oxygens (including phenoxy) is 5. The van der Waals surface area contributed by atoms with Crippen LogP contribution in [0.5, 0.6) is 28.7 Å². The number of rotatable bonds is 7. The Morgan fingerprint density at radius 3 is 2.24 bits per heavy atom. The van der Waals surface area contributed by atoms with Crippen LogP contribution in [-0.4, -0.2) is 32.6 Å². The minimum Gasteiger partial charge on any atom is -0.496 e. The molecule has 0 atom stereocenters. The quantitative estimate of drug-likeness (QED) is 0.289. The highest BCUT2D eigenvalue weighted by molar-refractivity contribution is 6.14. The molecule has 3 aromatic carbocycles. The van der Waals surface area contributed by atoms with Crippen molar-refractivity contribution >= 4 is 17.8 Å². The minimum absolute atomic E-state index is 0.163. The van der Waals surface area contributed by atoms with Crippen molar-refractivity contribution in [2.24, 2.45) is 0 Å². The van der Waals surface area contributed by atoms with Gasteiger partial charge in [-0.05, 0) is 55.0 Å². The lowest BCUT2D eigenvalue weighted by atomic mass is 10.1. The number of fused-ring (bicyclic) bond motifs is 1. The molecule has 0 N–H and O–H groups in total. The number of benzene rings is 3. The molecule has 3 aromatic rings. The van der Waals surface area contributed by atoms with Gasteiger partial charge in [0.25, 0.3) is 0 Å². The average Bonchev–Trinajstić information content (AvgIpc) is 3.14. The van der Waals surface area contributed by atoms with Crippen LogP contribution < -0.4 is 23.7 Å². The lowest BCUT2D eigenvalue weighted by Gasteiger charge is -2.12. The summed E-state index contributed by atoms with van der Waals surface area (Å²) in [6.07, 6.45) is 1.66. The highest BCUT2D eigenvalue weighted by Crippen LogP contribution is 2.36. The van der Waals surface area contributed by atoms with Crippen molar-refractivity contribution in [3.8, 4) is 28.7 Å². The van der Waals surface area contributed by atoms with Crippen LogP contribution >= 0.6 is 0 Å². The molecule has 0 radical (unpaired) electrons. The van der Waals surface area contributed by atoms with Gasteiger partial charge in [-0.2, -0.15) is 0 Å². The lowest BCUT2D eigenvalue weighted by Crippen LogP contribution is -2.12. The summed E-state index contributed by atoms with van der Waals surface area (Å²) in [5.41, 5.74) is 1.35. The van der Waals surface area contributed by atoms with Crippen molar-refractivity contribution in [2.75, 3.05) is 20.8 Å². The topological polar surface area (TPSA) is 80.3 Å². The molecular formula is C26H22O7. The largest absolute Gasteiger partial charge is 0.496 e. The van der Waals surface area contributed by atoms with Crippen molar-refractivity contribution in [3.05, 3.63) is 83.1 Å². The molecule has 1 heterocycles. The molecule has 33 heavy (non-hydrogen) atoms. The van der Waals surface area contributed by atoms with Gasteiger partial charge in [0.15, 0.2) is 5.76 Å². The molecule has 7 nitrogen and oxygen atoms in total. The van der Waals surface area contributed by atoms with Gasteiger partial charge in [-0.15, -0.1) is 0 Å². The van der Waals surface area contributed by atoms with Gasteiger partial charge in [-0.3, -0.25) is 4.79 Å². The zero-order valence-corrected chi connectivity index (χ0v) is 18.4. The second kappa shape index (κ2) is 9.48. The molecular weight excluding hydrogens is 424 g/mol. The highest BCUT2D eigenvalue weighted by atomic mass is 16.5. The maximum absolute atomic E-state index is 12.8. The van der Waals surface area contributed by atoms with Gasteiger partial charge in [-0.1, -0.05) is 18.2 Å². The van der Waals surface area contributed by atoms with Crippen LogP contribution in [-0.2, 0) is 0 Å². The van der Waals surface area contributed by atoms with Gasteiger partial charge in [0.1, 0.15) is 34.3 Å². The van der Waals surface area contributed by atoms with E-state index in [1.807, 2.05) is 31.2 Å². The Hall–Kier alpha value is -4.26. The van der Waals surface area contributed by atoms with Gasteiger partial charge in [0.05, 0.1) is 26.4 Å². The van der Waals surface area contributed by atoms with E-state index in [-0.39, 0.29) is 22.9 Å². The van der Waals surface area contributed by atoms with E-state index in [2.05, 4.69) is 0 Å². The first kappa shape index (κ1) is 22.0. The van der Waals surface area contributed by atoms with Gasteiger partial charge in [0.2, 0.25) is 5.78 Å². The SMILES string of the molecule is CCOc1ccc(C=C2Oc3cc(OC(=O)c4c(OC)cccc4OC)ccc3C2=O)cc1. The van der Waals surface area contributed by atoms with Crippen molar-refractivity contribution in [1.29, 1.82) is 0 Å². The number of esters is 1. The molecule has 1 aliphatic heterocycles. The number of allylic oxidation sites excluding steroid dienone is 1. The zero-order chi connectivity index (χ0) is 23.4. The van der Waals surface area contributed by atoms with Crippen molar-refractivity contribution < 1.29 is 33.3 Å². The van der Waals surface area contributed by atoms with Crippen molar-refractivity contribution in [1.82, 2.24) is 0 Å². The van der Waals surface area contributed by atoms with Gasteiger partial charge >= 0.3 is 5.97 Å². The maximum Gasteiger partial charge on any atom is 0.351 e. The summed E-state index contributed by atoms with van der Waals surface area (Å²) < 4.78 is 27.2. The third-order valence-corrected chi connectivity index (χ3v) is 4.97. The van der Waals surface area contributed by atoms with E-state index in [1.54, 1.807) is 36.4 Å². The van der Waals surface area contributed by atoms with Crippen LogP contribution in [0.2, 0.25) is 0 Å². The van der Waals surface area contributed by atoms with Crippen molar-refractivity contribution in [3.63, 3.8) is 0 Å². The van der Waals surface area contributed by atoms with Gasteiger partial charge in [-0.25, -0.2) is 4.79 Å². The molecule has 0 amide bonds. The molecule has 0 saturated heterocycles. The number of methoxy groups -OCH3 is 2. The fourth-order valence-corrected chi connectivity index (χ4v) is 3.42. The molecule has 1 aliphatic rings. The number of hydrogen-bond donors (Lipinski definition) is 0. The molecule has 0 fully saturated rings. The summed E-state index contributed by atoms with van der Waals surface area (Å²) in [5.74, 6) is 1.22. The summed E-state index contributed by atoms with van der Waals surface area (Å²) >= 11 is 0. The number of hydrogen-bond acceptors (Lipinski definition) is 7. The lowest BCUT2D eigenvalue weighted by molar-refractivity contribution is 0.0727. The summed E-state index contributed by atoms with van der Waals surface area (Å²) in [5, 5.41) is 0. The van der Waals surface area contributed by atoms with Crippen LogP contribution in [0, 0.1) is 0 Å². The Labute approximate surface area is 191 Å². The van der Waals surface area contributed by atoms with Crippen LogP contribution in [0.1, 0.15) is 33.2 Å². The van der Waals surface area contributed by atoms with Crippen molar-refractivity contribution in [2.45, 2.75) is 6.92 Å². The molecule has 0 saturated carbocycles. The normalized spacial score (nSPS) is 13.3. The predicted octanol–water partition coefficient (Wildman–Crippen LogP) is 4.94. The second-order valence-corrected chi connectivity index (χ2v) is 7.03. The Bertz CT molecular complexity index is 1200. The average molecular weight is 446 g/mol. The minimum atomic E-state index is -0.654. The summed E-state index contributed by atoms with van der Waals surface area (Å²) in [6.45, 7) is 2.49. The molecule has 0 unspecified atom stereocenters. The van der Waals surface area contributed by atoms with E-state index >= 15 is 0 Å². The predicted molar refractivity (Wildman–Crippen MR) is 121 cm³/mol. The molecule has 4 rings (SSSR count). The van der Waals surface area contributed by atoms with Gasteiger partial charge in [0, 0.05) is 6.07 Å². The van der Waals surface area contributed by atoms with E-state index in [0.717, 1.165) is 11.3 Å². The first-order valence-corrected chi connectivity index (χ1v) is 10.3. The van der Waals surface area contributed by atoms with E-state index in [0.29, 0.717) is 29.4 Å². The molecule has 7 heteroatoms. The molecule has 0 aromatic heterocycles. The standard InChI is InChI=1S/C26H22O7/c1-4-31-17-10-8-16(9-11-17)14-23-25(27)19-13-12-18(15-22(19)33-23)32-26(28)24-20(29-2)6-5-7-21(24)30-3/h5-15H,4H2,1-3H3. The maximum atomic E-state index is 12.8. The van der Waals surface area contributed by atoms with Crippen LogP contribution in [0.4, 0.5) is 0 Å². The smallest absolute Gasteiger partial charge is 0.351 e. The monoisotopic (exact) mass is 446 g/mol.